The van der Waals surface area contributed by atoms with Gasteiger partial charge < -0.3 is 10.1 Å². The van der Waals surface area contributed by atoms with Gasteiger partial charge in [0.05, 0.1) is 18.0 Å². The highest BCUT2D eigenvalue weighted by Gasteiger charge is 2.18. The molecule has 0 radical (unpaired) electrons. The molecule has 3 aromatic carbocycles. The van der Waals surface area contributed by atoms with Crippen LogP contribution in [0.25, 0.3) is 0 Å². The molecule has 0 saturated heterocycles. The van der Waals surface area contributed by atoms with Crippen molar-refractivity contribution in [3.05, 3.63) is 96.1 Å². The molecular weight excluding hydrogens is 410 g/mol. The summed E-state index contributed by atoms with van der Waals surface area (Å²) in [7, 11) is -3.49. The molecule has 1 amide bonds. The summed E-state index contributed by atoms with van der Waals surface area (Å²) in [5.74, 6) is -0.600. The van der Waals surface area contributed by atoms with E-state index < -0.39 is 21.5 Å². The normalized spacial score (nSPS) is 11.1. The fraction of sp³-hybridized carbons (Fsp3) is 0.240. The molecule has 0 unspecified atom stereocenters. The molecule has 0 heterocycles. The first-order valence-corrected chi connectivity index (χ1v) is 12.1. The van der Waals surface area contributed by atoms with E-state index in [4.69, 9.17) is 4.74 Å². The molecular formula is C25H27NO4S. The average molecular weight is 438 g/mol. The topological polar surface area (TPSA) is 72.5 Å². The Hall–Kier alpha value is -3.12. The zero-order valence-corrected chi connectivity index (χ0v) is 18.2. The molecule has 0 aliphatic rings. The molecule has 0 aliphatic carbocycles. The molecule has 31 heavy (non-hydrogen) atoms. The predicted octanol–water partition coefficient (Wildman–Crippen LogP) is 4.29. The van der Waals surface area contributed by atoms with Gasteiger partial charge in [0.25, 0.3) is 0 Å². The summed E-state index contributed by atoms with van der Waals surface area (Å²) in [5.41, 5.74) is 2.72. The third-order valence-electron chi connectivity index (χ3n) is 4.77. The minimum absolute atomic E-state index is 0.0233. The molecule has 162 valence electrons. The van der Waals surface area contributed by atoms with Gasteiger partial charge in [-0.3, -0.25) is 4.79 Å². The van der Waals surface area contributed by atoms with Crippen LogP contribution in [0.5, 0.6) is 5.75 Å². The third-order valence-corrected chi connectivity index (χ3v) is 6.38. The Bertz CT molecular complexity index is 1070. The van der Waals surface area contributed by atoms with Crippen LogP contribution >= 0.6 is 0 Å². The van der Waals surface area contributed by atoms with Crippen LogP contribution in [0.2, 0.25) is 0 Å². The molecule has 0 atom stereocenters. The lowest BCUT2D eigenvalue weighted by atomic mass is 10.1. The second-order valence-corrected chi connectivity index (χ2v) is 9.49. The van der Waals surface area contributed by atoms with Gasteiger partial charge in [-0.25, -0.2) is 8.42 Å². The third kappa shape index (κ3) is 7.90. The van der Waals surface area contributed by atoms with Gasteiger partial charge in [-0.2, -0.15) is 0 Å². The van der Waals surface area contributed by atoms with E-state index in [0.29, 0.717) is 30.9 Å². The van der Waals surface area contributed by atoms with Crippen LogP contribution in [0.4, 0.5) is 5.69 Å². The van der Waals surface area contributed by atoms with E-state index >= 15 is 0 Å². The lowest BCUT2D eigenvalue weighted by Crippen LogP contribution is -2.25. The highest BCUT2D eigenvalue weighted by atomic mass is 32.2. The fourth-order valence-electron chi connectivity index (χ4n) is 3.22. The molecule has 0 bridgehead atoms. The van der Waals surface area contributed by atoms with E-state index in [1.165, 1.54) is 0 Å². The predicted molar refractivity (Wildman–Crippen MR) is 124 cm³/mol. The molecule has 1 N–H and O–H groups in total. The molecule has 5 nitrogen and oxygen atoms in total. The number of carbonyl (C=O) groups is 1. The van der Waals surface area contributed by atoms with Crippen LogP contribution in [0.15, 0.2) is 84.9 Å². The first kappa shape index (κ1) is 22.6. The number of benzene rings is 3. The number of nitrogens with one attached hydrogen (secondary N) is 1. The van der Waals surface area contributed by atoms with Crippen molar-refractivity contribution in [1.82, 2.24) is 0 Å². The number of carbonyl (C=O) groups excluding carboxylic acids is 1. The molecule has 0 aliphatic heterocycles. The number of sulfone groups is 1. The Morgan fingerprint density at radius 3 is 2.03 bits per heavy atom. The maximum atomic E-state index is 12.4. The fourth-order valence-corrected chi connectivity index (χ4v) is 4.42. The van der Waals surface area contributed by atoms with Crippen LogP contribution in [-0.2, 0) is 27.5 Å². The van der Waals surface area contributed by atoms with Gasteiger partial charge in [-0.05, 0) is 36.1 Å². The first-order chi connectivity index (χ1) is 15.0. The number of hydrogen-bond acceptors (Lipinski definition) is 4. The van der Waals surface area contributed by atoms with E-state index in [0.717, 1.165) is 17.5 Å². The van der Waals surface area contributed by atoms with Gasteiger partial charge in [-0.15, -0.1) is 0 Å². The molecule has 0 spiro atoms. The van der Waals surface area contributed by atoms with Crippen LogP contribution in [0.1, 0.15) is 17.5 Å². The zero-order chi connectivity index (χ0) is 21.9. The highest BCUT2D eigenvalue weighted by Crippen LogP contribution is 2.24. The van der Waals surface area contributed by atoms with Gasteiger partial charge in [0, 0.05) is 6.42 Å². The Balaban J connectivity index is 1.49. The van der Waals surface area contributed by atoms with Crippen molar-refractivity contribution in [1.29, 1.82) is 0 Å². The summed E-state index contributed by atoms with van der Waals surface area (Å²) in [6.07, 6.45) is 1.89. The standard InChI is InChI=1S/C25H27NO4S/c27-25(20-31(28,29)19-9-14-21-10-3-1-4-11-21)26-23-15-7-8-16-24(23)30-18-17-22-12-5-2-6-13-22/h1-8,10-13,15-16H,9,14,17-20H2,(H,26,27). The molecule has 3 aromatic rings. The van der Waals surface area contributed by atoms with Gasteiger partial charge in [0.1, 0.15) is 11.5 Å². The lowest BCUT2D eigenvalue weighted by molar-refractivity contribution is -0.113. The van der Waals surface area contributed by atoms with Gasteiger partial charge in [0.15, 0.2) is 9.84 Å². The number of ether oxygens (including phenoxy) is 1. The van der Waals surface area contributed by atoms with E-state index in [9.17, 15) is 13.2 Å². The minimum Gasteiger partial charge on any atom is -0.491 e. The van der Waals surface area contributed by atoms with Crippen molar-refractivity contribution in [2.24, 2.45) is 0 Å². The largest absolute Gasteiger partial charge is 0.491 e. The molecule has 0 saturated carbocycles. The van der Waals surface area contributed by atoms with Crippen LogP contribution in [0, 0.1) is 0 Å². The molecule has 0 aromatic heterocycles. The summed E-state index contributed by atoms with van der Waals surface area (Å²) >= 11 is 0. The quantitative estimate of drug-likeness (QED) is 0.486. The number of aryl methyl sites for hydroxylation is 1. The van der Waals surface area contributed by atoms with Crippen molar-refractivity contribution >= 4 is 21.4 Å². The second kappa shape index (κ2) is 11.3. The highest BCUT2D eigenvalue weighted by molar-refractivity contribution is 7.92. The molecule has 0 fully saturated rings. The molecule has 3 rings (SSSR count). The van der Waals surface area contributed by atoms with Crippen molar-refractivity contribution in [2.45, 2.75) is 19.3 Å². The number of hydrogen-bond donors (Lipinski definition) is 1. The summed E-state index contributed by atoms with van der Waals surface area (Å²) in [6, 6.07) is 26.7. The van der Waals surface area contributed by atoms with Gasteiger partial charge in [-0.1, -0.05) is 72.8 Å². The van der Waals surface area contributed by atoms with Crippen molar-refractivity contribution in [3.63, 3.8) is 0 Å². The van der Waals surface area contributed by atoms with Gasteiger partial charge >= 0.3 is 0 Å². The monoisotopic (exact) mass is 437 g/mol. The summed E-state index contributed by atoms with van der Waals surface area (Å²) < 4.78 is 30.5. The Morgan fingerprint density at radius 1 is 0.774 bits per heavy atom. The Kier molecular flexibility index (Phi) is 8.24. The second-order valence-electron chi connectivity index (χ2n) is 7.31. The minimum atomic E-state index is -3.49. The van der Waals surface area contributed by atoms with E-state index in [1.807, 2.05) is 66.7 Å². The number of rotatable bonds is 11. The summed E-state index contributed by atoms with van der Waals surface area (Å²) in [6.45, 7) is 0.453. The summed E-state index contributed by atoms with van der Waals surface area (Å²) in [5, 5.41) is 2.68. The Labute approximate surface area is 184 Å². The van der Waals surface area contributed by atoms with Crippen molar-refractivity contribution in [2.75, 3.05) is 23.4 Å². The smallest absolute Gasteiger partial charge is 0.239 e. The molecule has 6 heteroatoms. The number of anilines is 1. The van der Waals surface area contributed by atoms with E-state index in [2.05, 4.69) is 5.32 Å². The van der Waals surface area contributed by atoms with Crippen LogP contribution in [-0.4, -0.2) is 32.4 Å². The maximum Gasteiger partial charge on any atom is 0.239 e. The number of amides is 1. The van der Waals surface area contributed by atoms with Gasteiger partial charge in [0.2, 0.25) is 5.91 Å². The first-order valence-electron chi connectivity index (χ1n) is 10.3. The SMILES string of the molecule is O=C(CS(=O)(=O)CCCc1ccccc1)Nc1ccccc1OCCc1ccccc1. The van der Waals surface area contributed by atoms with Crippen LogP contribution in [0.3, 0.4) is 0 Å². The van der Waals surface area contributed by atoms with Crippen LogP contribution < -0.4 is 10.1 Å². The zero-order valence-electron chi connectivity index (χ0n) is 17.4. The van der Waals surface area contributed by atoms with E-state index in [-0.39, 0.29) is 5.75 Å². The maximum absolute atomic E-state index is 12.4. The Morgan fingerprint density at radius 2 is 1.35 bits per heavy atom. The number of para-hydroxylation sites is 2. The van der Waals surface area contributed by atoms with Crippen molar-refractivity contribution in [3.8, 4) is 5.75 Å². The average Bonchev–Trinajstić information content (AvgIpc) is 2.76. The van der Waals surface area contributed by atoms with E-state index in [1.54, 1.807) is 18.2 Å². The summed E-state index contributed by atoms with van der Waals surface area (Å²) in [4.78, 5) is 12.4. The lowest BCUT2D eigenvalue weighted by Gasteiger charge is -2.13. The van der Waals surface area contributed by atoms with Crippen molar-refractivity contribution < 1.29 is 17.9 Å².